The van der Waals surface area contributed by atoms with Gasteiger partial charge >= 0.3 is 0 Å². The van der Waals surface area contributed by atoms with Crippen LogP contribution in [0.1, 0.15) is 31.1 Å². The third-order valence-corrected chi connectivity index (χ3v) is 4.58. The van der Waals surface area contributed by atoms with Gasteiger partial charge in [-0.2, -0.15) is 0 Å². The van der Waals surface area contributed by atoms with Crippen molar-refractivity contribution in [3.63, 3.8) is 0 Å². The maximum Gasteiger partial charge on any atom is 0.254 e. The maximum atomic E-state index is 12.6. The minimum absolute atomic E-state index is 0.0922. The van der Waals surface area contributed by atoms with Crippen molar-refractivity contribution < 1.29 is 14.4 Å². The molecule has 0 saturated carbocycles. The van der Waals surface area contributed by atoms with Crippen LogP contribution in [0.25, 0.3) is 0 Å². The predicted molar refractivity (Wildman–Crippen MR) is 98.2 cm³/mol. The van der Waals surface area contributed by atoms with Gasteiger partial charge in [0.15, 0.2) is 0 Å². The second kappa shape index (κ2) is 7.58. The lowest BCUT2D eigenvalue weighted by Crippen LogP contribution is -2.50. The van der Waals surface area contributed by atoms with Gasteiger partial charge < -0.3 is 15.5 Å². The van der Waals surface area contributed by atoms with Gasteiger partial charge in [0, 0.05) is 47.9 Å². The number of benzene rings is 2. The average molecular weight is 372 g/mol. The number of carbonyl (C=O) groups is 3. The highest BCUT2D eigenvalue weighted by Crippen LogP contribution is 2.15. The number of carbonyl (C=O) groups excluding carboxylic acids is 3. The van der Waals surface area contributed by atoms with Gasteiger partial charge in [-0.15, -0.1) is 0 Å². The Hall–Kier alpha value is -2.86. The molecule has 2 aromatic rings. The van der Waals surface area contributed by atoms with Gasteiger partial charge in [-0.1, -0.05) is 17.7 Å². The fourth-order valence-corrected chi connectivity index (χ4v) is 3.07. The van der Waals surface area contributed by atoms with Crippen LogP contribution in [0.2, 0.25) is 5.02 Å². The summed E-state index contributed by atoms with van der Waals surface area (Å²) in [6, 6.07) is 13.1. The highest BCUT2D eigenvalue weighted by Gasteiger charge is 2.25. The molecule has 134 valence electrons. The average Bonchev–Trinajstić information content (AvgIpc) is 2.67. The summed E-state index contributed by atoms with van der Waals surface area (Å²) in [5.74, 6) is -0.751. The zero-order valence-electron chi connectivity index (χ0n) is 14.0. The van der Waals surface area contributed by atoms with Crippen LogP contribution in [0, 0.1) is 0 Å². The first-order valence-electron chi connectivity index (χ1n) is 8.19. The number of nitrogens with two attached hydrogens (primary N) is 1. The number of halogens is 1. The first-order chi connectivity index (χ1) is 12.5. The second-order valence-electron chi connectivity index (χ2n) is 6.04. The van der Waals surface area contributed by atoms with Crippen molar-refractivity contribution >= 4 is 29.3 Å². The van der Waals surface area contributed by atoms with E-state index in [1.165, 1.54) is 12.1 Å². The lowest BCUT2D eigenvalue weighted by Gasteiger charge is -2.35. The SMILES string of the molecule is NC(=O)c1ccc(C(=O)N2CCN(C(=O)c3cccc(Cl)c3)CC2)cc1. The Morgan fingerprint density at radius 1 is 0.769 bits per heavy atom. The molecule has 0 aliphatic carbocycles. The zero-order valence-corrected chi connectivity index (χ0v) is 14.8. The van der Waals surface area contributed by atoms with Crippen molar-refractivity contribution in [2.75, 3.05) is 26.2 Å². The number of nitrogens with zero attached hydrogens (tertiary/aromatic N) is 2. The number of amides is 3. The number of primary amides is 1. The molecule has 3 rings (SSSR count). The van der Waals surface area contributed by atoms with E-state index in [2.05, 4.69) is 0 Å². The Bertz CT molecular complexity index is 843. The van der Waals surface area contributed by atoms with Gasteiger partial charge in [-0.25, -0.2) is 0 Å². The Balaban J connectivity index is 1.61. The lowest BCUT2D eigenvalue weighted by molar-refractivity contribution is 0.0535. The Morgan fingerprint density at radius 2 is 1.27 bits per heavy atom. The Morgan fingerprint density at radius 3 is 1.77 bits per heavy atom. The van der Waals surface area contributed by atoms with Gasteiger partial charge in [0.2, 0.25) is 5.91 Å². The van der Waals surface area contributed by atoms with E-state index in [1.807, 2.05) is 0 Å². The molecule has 6 nitrogen and oxygen atoms in total. The standard InChI is InChI=1S/C19H18ClN3O3/c20-16-3-1-2-15(12-16)19(26)23-10-8-22(9-11-23)18(25)14-6-4-13(5-7-14)17(21)24/h1-7,12H,8-11H2,(H2,21,24). The molecular weight excluding hydrogens is 354 g/mol. The van der Waals surface area contributed by atoms with E-state index in [-0.39, 0.29) is 11.8 Å². The first-order valence-corrected chi connectivity index (χ1v) is 8.57. The fourth-order valence-electron chi connectivity index (χ4n) is 2.88. The molecule has 26 heavy (non-hydrogen) atoms. The van der Waals surface area contributed by atoms with E-state index in [0.717, 1.165) is 0 Å². The summed E-state index contributed by atoms with van der Waals surface area (Å²) in [5, 5.41) is 0.518. The van der Waals surface area contributed by atoms with Crippen molar-refractivity contribution in [1.29, 1.82) is 0 Å². The molecule has 0 bridgehead atoms. The van der Waals surface area contributed by atoms with Crippen LogP contribution in [0.15, 0.2) is 48.5 Å². The highest BCUT2D eigenvalue weighted by molar-refractivity contribution is 6.30. The summed E-state index contributed by atoms with van der Waals surface area (Å²) in [5.41, 5.74) is 6.59. The molecule has 3 amide bonds. The molecule has 1 aliphatic heterocycles. The molecule has 1 saturated heterocycles. The van der Waals surface area contributed by atoms with Gasteiger partial charge in [0.25, 0.3) is 11.8 Å². The number of hydrogen-bond donors (Lipinski definition) is 1. The number of rotatable bonds is 3. The smallest absolute Gasteiger partial charge is 0.254 e. The van der Waals surface area contributed by atoms with Crippen molar-refractivity contribution in [3.05, 3.63) is 70.2 Å². The minimum Gasteiger partial charge on any atom is -0.366 e. The normalized spacial score (nSPS) is 14.2. The van der Waals surface area contributed by atoms with Crippen LogP contribution < -0.4 is 5.73 Å². The summed E-state index contributed by atoms with van der Waals surface area (Å²) in [7, 11) is 0. The molecule has 1 heterocycles. The molecule has 2 aromatic carbocycles. The molecule has 0 atom stereocenters. The third kappa shape index (κ3) is 3.86. The van der Waals surface area contributed by atoms with E-state index in [4.69, 9.17) is 17.3 Å². The molecule has 1 aliphatic rings. The van der Waals surface area contributed by atoms with Gasteiger partial charge in [0.1, 0.15) is 0 Å². The monoisotopic (exact) mass is 371 g/mol. The van der Waals surface area contributed by atoms with E-state index in [9.17, 15) is 14.4 Å². The van der Waals surface area contributed by atoms with Gasteiger partial charge in [-0.05, 0) is 42.5 Å². The maximum absolute atomic E-state index is 12.6. The van der Waals surface area contributed by atoms with Crippen LogP contribution in [0.3, 0.4) is 0 Å². The van der Waals surface area contributed by atoms with Crippen molar-refractivity contribution in [1.82, 2.24) is 9.80 Å². The van der Waals surface area contributed by atoms with Crippen LogP contribution >= 0.6 is 11.6 Å². The Kier molecular flexibility index (Phi) is 5.23. The summed E-state index contributed by atoms with van der Waals surface area (Å²) < 4.78 is 0. The van der Waals surface area contributed by atoms with Crippen LogP contribution in [0.5, 0.6) is 0 Å². The quantitative estimate of drug-likeness (QED) is 0.896. The summed E-state index contributed by atoms with van der Waals surface area (Å²) in [6.45, 7) is 1.80. The summed E-state index contributed by atoms with van der Waals surface area (Å²) in [4.78, 5) is 39.6. The predicted octanol–water partition coefficient (Wildman–Crippen LogP) is 2.04. The minimum atomic E-state index is -0.530. The molecule has 1 fully saturated rings. The Labute approximate surface area is 156 Å². The van der Waals surface area contributed by atoms with Crippen LogP contribution in [-0.4, -0.2) is 53.7 Å². The molecular formula is C19H18ClN3O3. The summed E-state index contributed by atoms with van der Waals surface area (Å²) in [6.07, 6.45) is 0. The van der Waals surface area contributed by atoms with E-state index in [1.54, 1.807) is 46.2 Å². The van der Waals surface area contributed by atoms with Crippen molar-refractivity contribution in [2.24, 2.45) is 5.73 Å². The lowest BCUT2D eigenvalue weighted by atomic mass is 10.1. The number of hydrogen-bond acceptors (Lipinski definition) is 3. The second-order valence-corrected chi connectivity index (χ2v) is 6.47. The van der Waals surface area contributed by atoms with Crippen molar-refractivity contribution in [2.45, 2.75) is 0 Å². The topological polar surface area (TPSA) is 83.7 Å². The van der Waals surface area contributed by atoms with Gasteiger partial charge in [0.05, 0.1) is 0 Å². The molecule has 0 radical (unpaired) electrons. The van der Waals surface area contributed by atoms with E-state index < -0.39 is 5.91 Å². The number of piperazine rings is 1. The zero-order chi connectivity index (χ0) is 18.7. The molecule has 0 aromatic heterocycles. The molecule has 0 spiro atoms. The highest BCUT2D eigenvalue weighted by atomic mass is 35.5. The third-order valence-electron chi connectivity index (χ3n) is 4.34. The van der Waals surface area contributed by atoms with E-state index >= 15 is 0 Å². The molecule has 2 N–H and O–H groups in total. The fraction of sp³-hybridized carbons (Fsp3) is 0.211. The molecule has 0 unspecified atom stereocenters. The van der Waals surface area contributed by atoms with Crippen molar-refractivity contribution in [3.8, 4) is 0 Å². The van der Waals surface area contributed by atoms with Crippen LogP contribution in [0.4, 0.5) is 0 Å². The van der Waals surface area contributed by atoms with Crippen LogP contribution in [-0.2, 0) is 0 Å². The largest absolute Gasteiger partial charge is 0.366 e. The summed E-state index contributed by atoms with van der Waals surface area (Å²) >= 11 is 5.94. The molecule has 7 heteroatoms. The first kappa shape index (κ1) is 17.9. The van der Waals surface area contributed by atoms with Gasteiger partial charge in [-0.3, -0.25) is 14.4 Å². The van der Waals surface area contributed by atoms with E-state index in [0.29, 0.717) is 47.9 Å².